The summed E-state index contributed by atoms with van der Waals surface area (Å²) in [6.45, 7) is 8.36. The van der Waals surface area contributed by atoms with Gasteiger partial charge in [-0.15, -0.1) is 0 Å². The predicted octanol–water partition coefficient (Wildman–Crippen LogP) is 15.9. The number of nitrogens with zero attached hydrogens (tertiary/aromatic N) is 3. The quantitative estimate of drug-likeness (QED) is 0.118. The molecule has 0 N–H and O–H groups in total. The zero-order valence-corrected chi connectivity index (χ0v) is 34.1. The van der Waals surface area contributed by atoms with E-state index in [-0.39, 0.29) is 16.2 Å². The Morgan fingerprint density at radius 3 is 1.20 bits per heavy atom. The van der Waals surface area contributed by atoms with Crippen LogP contribution < -0.4 is 9.80 Å². The molecule has 0 aliphatic heterocycles. The molecule has 0 atom stereocenters. The second kappa shape index (κ2) is 13.9. The molecule has 9 aromatic carbocycles. The minimum Gasteiger partial charge on any atom is -0.455 e. The number of nitro benzene ring substituents is 1. The fourth-order valence-electron chi connectivity index (χ4n) is 8.69. The van der Waals surface area contributed by atoms with Crippen LogP contribution in [-0.4, -0.2) is 4.92 Å². The van der Waals surface area contributed by atoms with Crippen molar-refractivity contribution in [1.82, 2.24) is 0 Å². The van der Waals surface area contributed by atoms with Crippen LogP contribution in [0.2, 0.25) is 0 Å². The molecular formula is C54H39N3O4. The van der Waals surface area contributed by atoms with Gasteiger partial charge >= 0.3 is 5.69 Å². The van der Waals surface area contributed by atoms with Crippen molar-refractivity contribution in [3.63, 3.8) is 0 Å². The van der Waals surface area contributed by atoms with E-state index < -0.39 is 0 Å². The van der Waals surface area contributed by atoms with Gasteiger partial charge in [0.15, 0.2) is 0 Å². The lowest BCUT2D eigenvalue weighted by molar-refractivity contribution is -0.383. The fourth-order valence-corrected chi connectivity index (χ4v) is 8.69. The highest BCUT2D eigenvalue weighted by molar-refractivity contribution is 6.26. The number of hydrogen-bond donors (Lipinski definition) is 0. The van der Waals surface area contributed by atoms with Gasteiger partial charge in [-0.05, 0) is 146 Å². The highest BCUT2D eigenvalue weighted by atomic mass is 16.6. The Morgan fingerprint density at radius 2 is 0.770 bits per heavy atom. The van der Waals surface area contributed by atoms with Crippen LogP contribution in [-0.2, 0) is 0 Å². The Hall–Kier alpha value is -7.90. The minimum atomic E-state index is -0.361. The highest BCUT2D eigenvalue weighted by Gasteiger charge is 2.26. The first kappa shape index (κ1) is 36.2. The number of benzene rings is 9. The molecule has 0 fully saturated rings. The molecule has 0 amide bonds. The highest BCUT2D eigenvalue weighted by Crippen LogP contribution is 2.46. The summed E-state index contributed by atoms with van der Waals surface area (Å²) < 4.78 is 13.2. The van der Waals surface area contributed by atoms with E-state index in [4.69, 9.17) is 8.83 Å². The van der Waals surface area contributed by atoms with Crippen molar-refractivity contribution in [2.24, 2.45) is 0 Å². The lowest BCUT2D eigenvalue weighted by Crippen LogP contribution is -2.09. The van der Waals surface area contributed by atoms with E-state index in [0.717, 1.165) is 66.4 Å². The van der Waals surface area contributed by atoms with E-state index >= 15 is 0 Å². The summed E-state index contributed by atoms with van der Waals surface area (Å²) in [5.41, 5.74) is 12.8. The molecule has 11 aromatic rings. The third-order valence-corrected chi connectivity index (χ3v) is 11.9. The Labute approximate surface area is 351 Å². The first-order chi connectivity index (χ1) is 29.6. The van der Waals surface area contributed by atoms with Crippen LogP contribution in [0.5, 0.6) is 0 Å². The third kappa shape index (κ3) is 6.13. The molecule has 0 aliphatic carbocycles. The molecule has 2 aromatic heterocycles. The fraction of sp³-hybridized carbons (Fsp3) is 0.0741. The molecule has 2 heterocycles. The van der Waals surface area contributed by atoms with Gasteiger partial charge in [-0.1, -0.05) is 82.9 Å². The molecule has 0 radical (unpaired) electrons. The molecule has 0 saturated heterocycles. The van der Waals surface area contributed by atoms with Crippen LogP contribution >= 0.6 is 0 Å². The van der Waals surface area contributed by atoms with Crippen molar-refractivity contribution in [3.05, 3.63) is 196 Å². The van der Waals surface area contributed by atoms with Gasteiger partial charge in [-0.25, -0.2) is 0 Å². The molecule has 0 unspecified atom stereocenters. The summed E-state index contributed by atoms with van der Waals surface area (Å²) in [4.78, 5) is 16.9. The van der Waals surface area contributed by atoms with E-state index in [0.29, 0.717) is 27.5 Å². The third-order valence-electron chi connectivity index (χ3n) is 11.9. The van der Waals surface area contributed by atoms with E-state index in [1.807, 2.05) is 12.1 Å². The average molecular weight is 794 g/mol. The Balaban J connectivity index is 1.07. The molecule has 61 heavy (non-hydrogen) atoms. The number of hydrogen-bond acceptors (Lipinski definition) is 6. The minimum absolute atomic E-state index is 0.0988. The number of aryl methyl sites for hydroxylation is 4. The molecular weight excluding hydrogens is 755 g/mol. The topological polar surface area (TPSA) is 75.9 Å². The molecule has 0 aliphatic rings. The van der Waals surface area contributed by atoms with Gasteiger partial charge in [-0.2, -0.15) is 0 Å². The summed E-state index contributed by atoms with van der Waals surface area (Å²) in [5, 5.41) is 19.5. The molecule has 0 bridgehead atoms. The molecule has 0 spiro atoms. The van der Waals surface area contributed by atoms with Gasteiger partial charge in [0.25, 0.3) is 0 Å². The molecule has 11 rings (SSSR count). The maximum Gasteiger partial charge on any atom is 0.313 e. The van der Waals surface area contributed by atoms with E-state index in [1.54, 1.807) is 6.07 Å². The maximum absolute atomic E-state index is 12.7. The zero-order valence-electron chi connectivity index (χ0n) is 34.1. The summed E-state index contributed by atoms with van der Waals surface area (Å²) in [6, 6.07) is 56.6. The number of furan rings is 2. The second-order valence-corrected chi connectivity index (χ2v) is 16.2. The van der Waals surface area contributed by atoms with Crippen LogP contribution in [0.4, 0.5) is 39.8 Å². The van der Waals surface area contributed by atoms with Crippen molar-refractivity contribution in [1.29, 1.82) is 0 Å². The first-order valence-corrected chi connectivity index (χ1v) is 20.4. The summed E-state index contributed by atoms with van der Waals surface area (Å²) >= 11 is 0. The summed E-state index contributed by atoms with van der Waals surface area (Å²) in [5.74, 6) is 0. The number of anilines is 6. The molecule has 7 heteroatoms. The van der Waals surface area contributed by atoms with Crippen LogP contribution in [0.3, 0.4) is 0 Å². The molecule has 7 nitrogen and oxygen atoms in total. The van der Waals surface area contributed by atoms with Crippen LogP contribution in [0.25, 0.3) is 65.4 Å². The van der Waals surface area contributed by atoms with Gasteiger partial charge in [0.1, 0.15) is 16.7 Å². The number of fused-ring (bicyclic) bond motifs is 9. The monoisotopic (exact) mass is 793 g/mol. The number of nitro groups is 1. The van der Waals surface area contributed by atoms with E-state index in [9.17, 15) is 10.1 Å². The summed E-state index contributed by atoms with van der Waals surface area (Å²) in [6.07, 6.45) is 0. The largest absolute Gasteiger partial charge is 0.455 e. The number of non-ortho nitro benzene ring substituents is 1. The average Bonchev–Trinajstić information content (AvgIpc) is 3.81. The van der Waals surface area contributed by atoms with Gasteiger partial charge in [-0.3, -0.25) is 10.1 Å². The SMILES string of the molecule is Cc1ccc(N(c2ccc(C)cc2)c2ccc3cc4c(cc3c2)oc2c4cc([N+](=O)[O-])c3oc4cc5cc(N(c6ccc(C)cc6)c6ccc(C)cc6)ccc5cc4c32)cc1. The lowest BCUT2D eigenvalue weighted by atomic mass is 10.0. The Kier molecular flexibility index (Phi) is 8.22. The van der Waals surface area contributed by atoms with Crippen molar-refractivity contribution >= 4 is 105 Å². The van der Waals surface area contributed by atoms with Crippen molar-refractivity contribution in [3.8, 4) is 0 Å². The van der Waals surface area contributed by atoms with Gasteiger partial charge in [0.2, 0.25) is 5.58 Å². The Morgan fingerprint density at radius 1 is 0.393 bits per heavy atom. The van der Waals surface area contributed by atoms with Crippen molar-refractivity contribution < 1.29 is 13.8 Å². The van der Waals surface area contributed by atoms with Crippen LogP contribution in [0.1, 0.15) is 22.3 Å². The van der Waals surface area contributed by atoms with Crippen LogP contribution in [0.15, 0.2) is 173 Å². The Bertz CT molecular complexity index is 3440. The number of rotatable bonds is 7. The van der Waals surface area contributed by atoms with E-state index in [1.165, 1.54) is 22.3 Å². The van der Waals surface area contributed by atoms with Crippen molar-refractivity contribution in [2.45, 2.75) is 27.7 Å². The molecule has 0 saturated carbocycles. The van der Waals surface area contributed by atoms with E-state index in [2.05, 4.69) is 183 Å². The summed E-state index contributed by atoms with van der Waals surface area (Å²) in [7, 11) is 0. The van der Waals surface area contributed by atoms with Gasteiger partial charge < -0.3 is 18.6 Å². The standard InChI is InChI=1S/C54H39N3O4/c1-32-5-15-40(16-6-32)55(41-17-7-33(2)8-18-41)44-23-13-36-27-46-47-31-49(57(58)59)54-52(53(47)60-50(46)29-38(36)25-44)48-28-37-14-24-45(26-39(37)30-51(48)61-54)56(42-19-9-34(3)10-20-42)43-21-11-35(4)12-22-43/h5-31H,1-4H3. The maximum atomic E-state index is 12.7. The predicted molar refractivity (Wildman–Crippen MR) is 251 cm³/mol. The van der Waals surface area contributed by atoms with Gasteiger partial charge in [0.05, 0.1) is 10.3 Å². The van der Waals surface area contributed by atoms with Crippen LogP contribution in [0, 0.1) is 37.8 Å². The molecule has 294 valence electrons. The van der Waals surface area contributed by atoms with Gasteiger partial charge in [0, 0.05) is 56.3 Å². The lowest BCUT2D eigenvalue weighted by Gasteiger charge is -2.26. The van der Waals surface area contributed by atoms with Crippen molar-refractivity contribution in [2.75, 3.05) is 9.80 Å². The zero-order chi connectivity index (χ0) is 41.5. The smallest absolute Gasteiger partial charge is 0.313 e. The normalized spacial score (nSPS) is 11.7. The first-order valence-electron chi connectivity index (χ1n) is 20.4. The second-order valence-electron chi connectivity index (χ2n) is 16.2.